The summed E-state index contributed by atoms with van der Waals surface area (Å²) in [6, 6.07) is 4.50. The fourth-order valence-electron chi connectivity index (χ4n) is 2.53. The van der Waals surface area contributed by atoms with Crippen LogP contribution in [0.4, 0.5) is 4.79 Å². The van der Waals surface area contributed by atoms with E-state index >= 15 is 0 Å². The van der Waals surface area contributed by atoms with Crippen molar-refractivity contribution in [3.63, 3.8) is 0 Å². The second-order valence-corrected chi connectivity index (χ2v) is 8.05. The number of rotatable bonds is 8. The summed E-state index contributed by atoms with van der Waals surface area (Å²) in [6.07, 6.45) is -0.528. The Balaban J connectivity index is 2.92. The molecule has 0 bridgehead atoms. The maximum absolute atomic E-state index is 12.8. The van der Waals surface area contributed by atoms with Gasteiger partial charge < -0.3 is 25.2 Å². The number of amides is 2. The van der Waals surface area contributed by atoms with Crippen molar-refractivity contribution < 1.29 is 29.0 Å². The van der Waals surface area contributed by atoms with Crippen LogP contribution in [0.15, 0.2) is 24.3 Å². The molecular formula is C21H32N2O6. The number of hydrogen-bond acceptors (Lipinski definition) is 6. The lowest BCUT2D eigenvalue weighted by Crippen LogP contribution is -2.55. The highest BCUT2D eigenvalue weighted by Crippen LogP contribution is 2.13. The van der Waals surface area contributed by atoms with Gasteiger partial charge in [0.05, 0.1) is 6.61 Å². The lowest BCUT2D eigenvalue weighted by Gasteiger charge is -2.26. The second-order valence-electron chi connectivity index (χ2n) is 8.05. The molecule has 0 fully saturated rings. The van der Waals surface area contributed by atoms with Crippen LogP contribution in [0.5, 0.6) is 5.75 Å². The second kappa shape index (κ2) is 10.7. The maximum atomic E-state index is 12.8. The third-order valence-corrected chi connectivity index (χ3v) is 3.89. The molecule has 0 aromatic heterocycles. The molecule has 1 aromatic carbocycles. The molecule has 8 heteroatoms. The van der Waals surface area contributed by atoms with E-state index in [4.69, 9.17) is 9.47 Å². The number of esters is 1. The van der Waals surface area contributed by atoms with Gasteiger partial charge in [-0.15, -0.1) is 0 Å². The van der Waals surface area contributed by atoms with Crippen molar-refractivity contribution in [2.24, 2.45) is 5.92 Å². The van der Waals surface area contributed by atoms with Gasteiger partial charge in [-0.25, -0.2) is 9.59 Å². The largest absolute Gasteiger partial charge is 0.508 e. The van der Waals surface area contributed by atoms with Gasteiger partial charge >= 0.3 is 12.1 Å². The number of nitrogens with one attached hydrogen (secondary N) is 2. The van der Waals surface area contributed by atoms with Gasteiger partial charge in [-0.2, -0.15) is 0 Å². The lowest BCUT2D eigenvalue weighted by atomic mass is 10.0. The third-order valence-electron chi connectivity index (χ3n) is 3.89. The fraction of sp³-hybridized carbons (Fsp3) is 0.571. The van der Waals surface area contributed by atoms with Gasteiger partial charge in [0, 0.05) is 6.42 Å². The number of carbonyl (C=O) groups is 3. The van der Waals surface area contributed by atoms with Crippen LogP contribution in [-0.2, 0) is 25.5 Å². The Hall–Kier alpha value is -2.77. The van der Waals surface area contributed by atoms with Gasteiger partial charge in [0.2, 0.25) is 5.91 Å². The van der Waals surface area contributed by atoms with E-state index in [9.17, 15) is 19.5 Å². The molecule has 162 valence electrons. The van der Waals surface area contributed by atoms with Crippen LogP contribution in [0.25, 0.3) is 0 Å². The molecule has 0 aliphatic heterocycles. The van der Waals surface area contributed by atoms with E-state index in [0.717, 1.165) is 5.56 Å². The highest BCUT2D eigenvalue weighted by molar-refractivity contribution is 5.90. The predicted molar refractivity (Wildman–Crippen MR) is 108 cm³/mol. The number of aromatic hydroxyl groups is 1. The van der Waals surface area contributed by atoms with Crippen LogP contribution in [0.3, 0.4) is 0 Å². The molecule has 0 saturated heterocycles. The van der Waals surface area contributed by atoms with E-state index in [1.165, 1.54) is 12.1 Å². The molecule has 1 aromatic rings. The smallest absolute Gasteiger partial charge is 0.408 e. The van der Waals surface area contributed by atoms with Crippen LogP contribution >= 0.6 is 0 Å². The van der Waals surface area contributed by atoms with Crippen molar-refractivity contribution in [3.8, 4) is 5.75 Å². The average molecular weight is 408 g/mol. The zero-order valence-corrected chi connectivity index (χ0v) is 17.9. The first-order chi connectivity index (χ1) is 13.4. The summed E-state index contributed by atoms with van der Waals surface area (Å²) in [4.78, 5) is 37.3. The van der Waals surface area contributed by atoms with Gasteiger partial charge in [-0.3, -0.25) is 4.79 Å². The monoisotopic (exact) mass is 408 g/mol. The quantitative estimate of drug-likeness (QED) is 0.570. The number of hydrogen-bond donors (Lipinski definition) is 3. The van der Waals surface area contributed by atoms with Crippen molar-refractivity contribution in [3.05, 3.63) is 29.8 Å². The molecule has 0 spiro atoms. The van der Waals surface area contributed by atoms with Crippen molar-refractivity contribution >= 4 is 18.0 Å². The predicted octanol–water partition coefficient (Wildman–Crippen LogP) is 2.53. The van der Waals surface area contributed by atoms with E-state index in [0.29, 0.717) is 0 Å². The van der Waals surface area contributed by atoms with Crippen LogP contribution < -0.4 is 10.6 Å². The number of phenols is 1. The Morgan fingerprint density at radius 2 is 1.66 bits per heavy atom. The summed E-state index contributed by atoms with van der Waals surface area (Å²) in [6.45, 7) is 10.6. The summed E-state index contributed by atoms with van der Waals surface area (Å²) in [5.41, 5.74) is 0.0383. The number of carbonyl (C=O) groups excluding carboxylic acids is 3. The molecule has 2 amide bonds. The molecule has 0 radical (unpaired) electrons. The summed E-state index contributed by atoms with van der Waals surface area (Å²) in [5.74, 6) is -1.22. The van der Waals surface area contributed by atoms with Gasteiger partial charge in [0.1, 0.15) is 23.4 Å². The topological polar surface area (TPSA) is 114 Å². The Labute approximate surface area is 172 Å². The molecule has 0 saturated carbocycles. The van der Waals surface area contributed by atoms with Gasteiger partial charge in [0.25, 0.3) is 0 Å². The third kappa shape index (κ3) is 8.85. The van der Waals surface area contributed by atoms with Crippen molar-refractivity contribution in [2.75, 3.05) is 6.61 Å². The van der Waals surface area contributed by atoms with Crippen molar-refractivity contribution in [1.82, 2.24) is 10.6 Å². The maximum Gasteiger partial charge on any atom is 0.408 e. The van der Waals surface area contributed by atoms with E-state index < -0.39 is 35.7 Å². The minimum absolute atomic E-state index is 0.104. The molecule has 3 N–H and O–H groups in total. The lowest BCUT2D eigenvalue weighted by molar-refractivity contribution is -0.147. The minimum atomic E-state index is -0.936. The van der Waals surface area contributed by atoms with E-state index in [1.54, 1.807) is 53.7 Å². The summed E-state index contributed by atoms with van der Waals surface area (Å²) >= 11 is 0. The summed E-state index contributed by atoms with van der Waals surface area (Å²) in [5, 5.41) is 14.6. The zero-order chi connectivity index (χ0) is 22.2. The first-order valence-corrected chi connectivity index (χ1v) is 9.67. The minimum Gasteiger partial charge on any atom is -0.508 e. The standard InChI is InChI=1S/C21H32N2O6/c1-7-28-19(26)16(12-14-8-10-15(24)11-9-14)22-18(25)17(13(2)3)23-20(27)29-21(4,5)6/h8-11,13,16-17,24H,7,12H2,1-6H3,(H,22,25)(H,23,27)/t16-,17+/m0/s1. The van der Waals surface area contributed by atoms with Crippen LogP contribution in [0.1, 0.15) is 47.1 Å². The fourth-order valence-corrected chi connectivity index (χ4v) is 2.53. The van der Waals surface area contributed by atoms with Gasteiger partial charge in [0.15, 0.2) is 0 Å². The Morgan fingerprint density at radius 1 is 1.07 bits per heavy atom. The zero-order valence-electron chi connectivity index (χ0n) is 17.9. The number of ether oxygens (including phenoxy) is 2. The molecule has 8 nitrogen and oxygen atoms in total. The van der Waals surface area contributed by atoms with E-state index in [1.807, 2.05) is 0 Å². The molecule has 0 aliphatic rings. The number of benzene rings is 1. The molecule has 0 unspecified atom stereocenters. The first kappa shape index (κ1) is 24.3. The van der Waals surface area contributed by atoms with Gasteiger partial charge in [-0.1, -0.05) is 26.0 Å². The van der Waals surface area contributed by atoms with Crippen molar-refractivity contribution in [1.29, 1.82) is 0 Å². The normalized spacial score (nSPS) is 13.3. The van der Waals surface area contributed by atoms with Crippen LogP contribution in [0, 0.1) is 5.92 Å². The Bertz CT molecular complexity index is 694. The molecule has 0 heterocycles. The van der Waals surface area contributed by atoms with E-state index in [-0.39, 0.29) is 24.7 Å². The molecular weight excluding hydrogens is 376 g/mol. The molecule has 1 rings (SSSR count). The summed E-state index contributed by atoms with van der Waals surface area (Å²) < 4.78 is 10.3. The van der Waals surface area contributed by atoms with E-state index in [2.05, 4.69) is 10.6 Å². The van der Waals surface area contributed by atoms with Crippen LogP contribution in [-0.4, -0.2) is 47.4 Å². The Morgan fingerprint density at radius 3 is 2.14 bits per heavy atom. The molecule has 29 heavy (non-hydrogen) atoms. The van der Waals surface area contributed by atoms with Gasteiger partial charge in [-0.05, 0) is 51.3 Å². The molecule has 2 atom stereocenters. The molecule has 0 aliphatic carbocycles. The van der Waals surface area contributed by atoms with Crippen LogP contribution in [0.2, 0.25) is 0 Å². The number of alkyl carbamates (subject to hydrolysis) is 1. The SMILES string of the molecule is CCOC(=O)[C@H](Cc1ccc(O)cc1)NC(=O)[C@H](NC(=O)OC(C)(C)C)C(C)C. The number of phenolic OH excluding ortho intramolecular Hbond substituents is 1. The first-order valence-electron chi connectivity index (χ1n) is 9.67. The summed E-state index contributed by atoms with van der Waals surface area (Å²) in [7, 11) is 0. The van der Waals surface area contributed by atoms with Crippen molar-refractivity contribution in [2.45, 2.75) is 65.6 Å². The average Bonchev–Trinajstić information content (AvgIpc) is 2.59. The highest BCUT2D eigenvalue weighted by Gasteiger charge is 2.31. The highest BCUT2D eigenvalue weighted by atomic mass is 16.6. The Kier molecular flexibility index (Phi) is 8.94.